The van der Waals surface area contributed by atoms with Crippen molar-refractivity contribution in [3.05, 3.63) is 24.0 Å². The number of nitrogens with zero attached hydrogens (tertiary/aromatic N) is 6. The normalized spacial score (nSPS) is 10.8. The van der Waals surface area contributed by atoms with Crippen LogP contribution in [-0.2, 0) is 27.2 Å². The summed E-state index contributed by atoms with van der Waals surface area (Å²) in [6.07, 6.45) is 3.42. The second kappa shape index (κ2) is 4.18. The van der Waals surface area contributed by atoms with Crippen molar-refractivity contribution in [1.82, 2.24) is 35.1 Å². The van der Waals surface area contributed by atoms with E-state index in [1.165, 1.54) is 0 Å². The van der Waals surface area contributed by atoms with Crippen LogP contribution in [0.15, 0.2) is 12.5 Å². The minimum absolute atomic E-state index is 0.682. The summed E-state index contributed by atoms with van der Waals surface area (Å²) >= 11 is 0. The maximum absolute atomic E-state index is 3.97. The van der Waals surface area contributed by atoms with Crippen LogP contribution in [0.1, 0.15) is 11.5 Å². The van der Waals surface area contributed by atoms with Gasteiger partial charge in [-0.2, -0.15) is 0 Å². The average Bonchev–Trinajstić information content (AvgIpc) is 2.78. The van der Waals surface area contributed by atoms with Gasteiger partial charge in [0.05, 0.1) is 18.4 Å². The second-order valence-corrected chi connectivity index (χ2v) is 3.31. The topological polar surface area (TPSA) is 73.5 Å². The van der Waals surface area contributed by atoms with Gasteiger partial charge in [0, 0.05) is 20.6 Å². The van der Waals surface area contributed by atoms with Crippen LogP contribution in [0, 0.1) is 0 Å². The molecule has 0 aliphatic rings. The summed E-state index contributed by atoms with van der Waals surface area (Å²) in [5, 5.41) is 18.7. The van der Waals surface area contributed by atoms with Crippen LogP contribution in [0.5, 0.6) is 0 Å². The Kier molecular flexibility index (Phi) is 2.72. The summed E-state index contributed by atoms with van der Waals surface area (Å²) in [6.45, 7) is 1.40. The fourth-order valence-electron chi connectivity index (χ4n) is 1.24. The lowest BCUT2D eigenvalue weighted by molar-refractivity contribution is 0.593. The van der Waals surface area contributed by atoms with Crippen LogP contribution in [-0.4, -0.2) is 29.8 Å². The monoisotopic (exact) mass is 207 g/mol. The first-order valence-electron chi connectivity index (χ1n) is 4.64. The van der Waals surface area contributed by atoms with Gasteiger partial charge in [-0.1, -0.05) is 5.21 Å². The molecule has 0 radical (unpaired) electrons. The van der Waals surface area contributed by atoms with Crippen molar-refractivity contribution in [2.24, 2.45) is 14.1 Å². The SMILES string of the molecule is Cn1cnnc1CNCc1cnnn1C. The van der Waals surface area contributed by atoms with Gasteiger partial charge in [-0.3, -0.25) is 4.68 Å². The molecule has 0 atom stereocenters. The molecule has 0 bridgehead atoms. The van der Waals surface area contributed by atoms with Gasteiger partial charge in [-0.05, 0) is 0 Å². The number of aryl methyl sites for hydroxylation is 2. The lowest BCUT2D eigenvalue weighted by atomic mass is 10.4. The maximum Gasteiger partial charge on any atom is 0.146 e. The van der Waals surface area contributed by atoms with Crippen molar-refractivity contribution in [2.45, 2.75) is 13.1 Å². The molecular weight excluding hydrogens is 194 g/mol. The minimum atomic E-state index is 0.682. The molecule has 0 aromatic carbocycles. The highest BCUT2D eigenvalue weighted by atomic mass is 15.4. The highest BCUT2D eigenvalue weighted by molar-refractivity contribution is 4.93. The van der Waals surface area contributed by atoms with E-state index in [0.717, 1.165) is 18.1 Å². The van der Waals surface area contributed by atoms with E-state index in [0.29, 0.717) is 6.54 Å². The molecule has 2 aromatic heterocycles. The zero-order valence-corrected chi connectivity index (χ0v) is 8.75. The molecule has 1 N–H and O–H groups in total. The Balaban J connectivity index is 1.86. The van der Waals surface area contributed by atoms with Gasteiger partial charge in [0.1, 0.15) is 12.2 Å². The first-order chi connectivity index (χ1) is 7.27. The Morgan fingerprint density at radius 1 is 1.27 bits per heavy atom. The maximum atomic E-state index is 3.97. The first kappa shape index (κ1) is 9.78. The summed E-state index contributed by atoms with van der Waals surface area (Å²) in [5.74, 6) is 0.908. The van der Waals surface area contributed by atoms with Gasteiger partial charge in [0.2, 0.25) is 0 Å². The molecule has 7 nitrogen and oxygen atoms in total. The Labute approximate surface area is 87.1 Å². The van der Waals surface area contributed by atoms with Crippen molar-refractivity contribution >= 4 is 0 Å². The van der Waals surface area contributed by atoms with Crippen LogP contribution < -0.4 is 5.32 Å². The lowest BCUT2D eigenvalue weighted by Crippen LogP contribution is -2.17. The smallest absolute Gasteiger partial charge is 0.146 e. The summed E-state index contributed by atoms with van der Waals surface area (Å²) < 4.78 is 3.62. The zero-order valence-electron chi connectivity index (χ0n) is 8.75. The number of hydrogen-bond donors (Lipinski definition) is 1. The fourth-order valence-corrected chi connectivity index (χ4v) is 1.24. The number of nitrogens with one attached hydrogen (secondary N) is 1. The number of hydrogen-bond acceptors (Lipinski definition) is 5. The third-order valence-corrected chi connectivity index (χ3v) is 2.20. The third kappa shape index (κ3) is 2.18. The summed E-state index contributed by atoms with van der Waals surface area (Å²) in [4.78, 5) is 0. The molecule has 0 unspecified atom stereocenters. The van der Waals surface area contributed by atoms with Crippen molar-refractivity contribution in [1.29, 1.82) is 0 Å². The summed E-state index contributed by atoms with van der Waals surface area (Å²) in [6, 6.07) is 0. The molecule has 0 saturated heterocycles. The first-order valence-corrected chi connectivity index (χ1v) is 4.64. The van der Waals surface area contributed by atoms with E-state index in [9.17, 15) is 0 Å². The summed E-state index contributed by atoms with van der Waals surface area (Å²) in [5.41, 5.74) is 1.04. The minimum Gasteiger partial charge on any atom is -0.320 e. The molecule has 0 saturated carbocycles. The van der Waals surface area contributed by atoms with Crippen molar-refractivity contribution in [3.8, 4) is 0 Å². The predicted molar refractivity (Wildman–Crippen MR) is 52.5 cm³/mol. The Bertz CT molecular complexity index is 389. The van der Waals surface area contributed by atoms with Crippen LogP contribution >= 0.6 is 0 Å². The highest BCUT2D eigenvalue weighted by Crippen LogP contribution is 1.94. The van der Waals surface area contributed by atoms with Gasteiger partial charge in [-0.15, -0.1) is 15.3 Å². The van der Waals surface area contributed by atoms with Crippen LogP contribution in [0.3, 0.4) is 0 Å². The molecule has 0 aliphatic carbocycles. The average molecular weight is 207 g/mol. The largest absolute Gasteiger partial charge is 0.320 e. The van der Waals surface area contributed by atoms with Crippen molar-refractivity contribution in [3.63, 3.8) is 0 Å². The molecule has 2 aromatic rings. The van der Waals surface area contributed by atoms with Crippen LogP contribution in [0.25, 0.3) is 0 Å². The van der Waals surface area contributed by atoms with Crippen LogP contribution in [0.2, 0.25) is 0 Å². The lowest BCUT2D eigenvalue weighted by Gasteiger charge is -2.03. The van der Waals surface area contributed by atoms with E-state index in [-0.39, 0.29) is 0 Å². The Hall–Kier alpha value is -1.76. The van der Waals surface area contributed by atoms with Gasteiger partial charge in [0.25, 0.3) is 0 Å². The van der Waals surface area contributed by atoms with Crippen molar-refractivity contribution in [2.75, 3.05) is 0 Å². The van der Waals surface area contributed by atoms with E-state index in [1.807, 2.05) is 18.7 Å². The quantitative estimate of drug-likeness (QED) is 0.713. The van der Waals surface area contributed by atoms with Gasteiger partial charge >= 0.3 is 0 Å². The Morgan fingerprint density at radius 2 is 2.13 bits per heavy atom. The molecular formula is C8H13N7. The third-order valence-electron chi connectivity index (χ3n) is 2.20. The summed E-state index contributed by atoms with van der Waals surface area (Å²) in [7, 11) is 3.79. The van der Waals surface area contributed by atoms with E-state index in [2.05, 4.69) is 25.8 Å². The van der Waals surface area contributed by atoms with E-state index in [1.54, 1.807) is 17.2 Å². The van der Waals surface area contributed by atoms with Gasteiger partial charge in [-0.25, -0.2) is 0 Å². The molecule has 0 aliphatic heterocycles. The molecule has 7 heteroatoms. The molecule has 0 fully saturated rings. The Morgan fingerprint density at radius 3 is 2.73 bits per heavy atom. The van der Waals surface area contributed by atoms with Gasteiger partial charge in [0.15, 0.2) is 0 Å². The number of rotatable bonds is 4. The van der Waals surface area contributed by atoms with E-state index in [4.69, 9.17) is 0 Å². The molecule has 2 heterocycles. The predicted octanol–water partition coefficient (Wildman–Crippen LogP) is -0.767. The van der Waals surface area contributed by atoms with E-state index >= 15 is 0 Å². The van der Waals surface area contributed by atoms with Crippen molar-refractivity contribution < 1.29 is 0 Å². The molecule has 15 heavy (non-hydrogen) atoms. The van der Waals surface area contributed by atoms with E-state index < -0.39 is 0 Å². The highest BCUT2D eigenvalue weighted by Gasteiger charge is 2.02. The standard InChI is InChI=1S/C8H13N7/c1-14-6-11-12-8(14)5-9-3-7-4-10-13-15(7)2/h4,6,9H,3,5H2,1-2H3. The van der Waals surface area contributed by atoms with Gasteiger partial charge < -0.3 is 9.88 Å². The molecule has 0 spiro atoms. The van der Waals surface area contributed by atoms with Crippen LogP contribution in [0.4, 0.5) is 0 Å². The fraction of sp³-hybridized carbons (Fsp3) is 0.500. The molecule has 0 amide bonds. The molecule has 80 valence electrons. The zero-order chi connectivity index (χ0) is 10.7. The molecule has 2 rings (SSSR count). The number of aromatic nitrogens is 6. The second-order valence-electron chi connectivity index (χ2n) is 3.31.